The zero-order valence-corrected chi connectivity index (χ0v) is 15.9. The maximum absolute atomic E-state index is 12.6. The van der Waals surface area contributed by atoms with Crippen LogP contribution in [0.3, 0.4) is 0 Å². The summed E-state index contributed by atoms with van der Waals surface area (Å²) in [5, 5.41) is 8.52. The summed E-state index contributed by atoms with van der Waals surface area (Å²) in [4.78, 5) is 28.7. The van der Waals surface area contributed by atoms with Gasteiger partial charge in [0.1, 0.15) is 6.61 Å². The molecule has 0 radical (unpaired) electrons. The standard InChI is InChI=1S/C18H21N3O5S/c1-24-12-4-3-11(9-13(12)25-2)16-17(26-10-14(22)21-16)18(23)20-6-5-15-19-7-8-27-15/h3-4,7-9,16-17H,5-6,10H2,1-2H3,(H,20,23)(H,21,22)/t16-,17+/m1/s1. The molecule has 2 heterocycles. The van der Waals surface area contributed by atoms with Gasteiger partial charge in [-0.3, -0.25) is 9.59 Å². The quantitative estimate of drug-likeness (QED) is 0.733. The molecule has 1 aromatic carbocycles. The van der Waals surface area contributed by atoms with Crippen LogP contribution in [0.5, 0.6) is 11.5 Å². The number of amides is 2. The second kappa shape index (κ2) is 8.83. The third-order valence-electron chi connectivity index (χ3n) is 4.16. The predicted octanol–water partition coefficient (Wildman–Crippen LogP) is 1.08. The molecule has 1 fully saturated rings. The minimum atomic E-state index is -0.836. The van der Waals surface area contributed by atoms with E-state index >= 15 is 0 Å². The van der Waals surface area contributed by atoms with Gasteiger partial charge in [-0.15, -0.1) is 11.3 Å². The highest BCUT2D eigenvalue weighted by Crippen LogP contribution is 2.32. The van der Waals surface area contributed by atoms with Gasteiger partial charge >= 0.3 is 0 Å². The third-order valence-corrected chi connectivity index (χ3v) is 5.00. The van der Waals surface area contributed by atoms with E-state index in [-0.39, 0.29) is 18.4 Å². The van der Waals surface area contributed by atoms with Gasteiger partial charge in [-0.2, -0.15) is 0 Å². The molecule has 1 aliphatic rings. The number of benzene rings is 1. The van der Waals surface area contributed by atoms with Crippen molar-refractivity contribution in [3.63, 3.8) is 0 Å². The minimum absolute atomic E-state index is 0.158. The SMILES string of the molecule is COc1ccc([C@H]2NC(=O)CO[C@@H]2C(=O)NCCc2nccs2)cc1OC. The van der Waals surface area contributed by atoms with Crippen LogP contribution < -0.4 is 20.1 Å². The number of carbonyl (C=O) groups is 2. The molecule has 1 saturated heterocycles. The Morgan fingerprint density at radius 3 is 2.89 bits per heavy atom. The van der Waals surface area contributed by atoms with Gasteiger partial charge in [0.15, 0.2) is 17.6 Å². The molecule has 1 aliphatic heterocycles. The first-order valence-corrected chi connectivity index (χ1v) is 9.29. The summed E-state index contributed by atoms with van der Waals surface area (Å²) >= 11 is 1.54. The number of carbonyl (C=O) groups excluding carboxylic acids is 2. The number of nitrogens with zero attached hydrogens (tertiary/aromatic N) is 1. The lowest BCUT2D eigenvalue weighted by molar-refractivity contribution is -0.148. The third kappa shape index (κ3) is 4.55. The van der Waals surface area contributed by atoms with Crippen LogP contribution in [-0.2, 0) is 20.7 Å². The van der Waals surface area contributed by atoms with Crippen LogP contribution >= 0.6 is 11.3 Å². The summed E-state index contributed by atoms with van der Waals surface area (Å²) in [6.45, 7) is 0.285. The van der Waals surface area contributed by atoms with Crippen LogP contribution in [0.15, 0.2) is 29.8 Å². The summed E-state index contributed by atoms with van der Waals surface area (Å²) in [5.74, 6) is 0.513. The average Bonchev–Trinajstić information content (AvgIpc) is 3.20. The molecule has 8 nitrogen and oxygen atoms in total. The fourth-order valence-corrected chi connectivity index (χ4v) is 3.47. The van der Waals surface area contributed by atoms with Gasteiger partial charge in [0.05, 0.1) is 25.3 Å². The van der Waals surface area contributed by atoms with Crippen molar-refractivity contribution in [3.8, 4) is 11.5 Å². The minimum Gasteiger partial charge on any atom is -0.493 e. The molecule has 144 valence electrons. The summed E-state index contributed by atoms with van der Waals surface area (Å²) < 4.78 is 16.1. The highest BCUT2D eigenvalue weighted by molar-refractivity contribution is 7.09. The van der Waals surface area contributed by atoms with Crippen molar-refractivity contribution in [2.24, 2.45) is 0 Å². The van der Waals surface area contributed by atoms with E-state index in [1.165, 1.54) is 18.4 Å². The van der Waals surface area contributed by atoms with Gasteiger partial charge in [0.2, 0.25) is 5.91 Å². The van der Waals surface area contributed by atoms with Crippen LogP contribution in [0.25, 0.3) is 0 Å². The number of morpholine rings is 1. The highest BCUT2D eigenvalue weighted by Gasteiger charge is 2.36. The number of hydrogen-bond acceptors (Lipinski definition) is 7. The van der Waals surface area contributed by atoms with Crippen molar-refractivity contribution in [1.29, 1.82) is 0 Å². The van der Waals surface area contributed by atoms with Crippen LogP contribution in [-0.4, -0.2) is 50.3 Å². The van der Waals surface area contributed by atoms with Crippen molar-refractivity contribution >= 4 is 23.2 Å². The molecule has 1 aromatic heterocycles. The summed E-state index contributed by atoms with van der Waals surface area (Å²) in [6.07, 6.45) is 1.54. The molecule has 27 heavy (non-hydrogen) atoms. The van der Waals surface area contributed by atoms with Crippen LogP contribution in [0.1, 0.15) is 16.6 Å². The molecule has 2 atom stereocenters. The molecule has 2 aromatic rings. The van der Waals surface area contributed by atoms with E-state index in [1.807, 2.05) is 5.38 Å². The zero-order valence-electron chi connectivity index (χ0n) is 15.1. The van der Waals surface area contributed by atoms with E-state index in [0.717, 1.165) is 5.01 Å². The Bertz CT molecular complexity index is 796. The molecule has 0 saturated carbocycles. The van der Waals surface area contributed by atoms with Crippen LogP contribution in [0.4, 0.5) is 0 Å². The summed E-state index contributed by atoms with van der Waals surface area (Å²) in [6, 6.07) is 4.61. The number of aromatic nitrogens is 1. The first kappa shape index (κ1) is 19.1. The van der Waals surface area contributed by atoms with E-state index in [2.05, 4.69) is 15.6 Å². The second-order valence-electron chi connectivity index (χ2n) is 5.86. The number of methoxy groups -OCH3 is 2. The van der Waals surface area contributed by atoms with Gasteiger partial charge in [0, 0.05) is 24.5 Å². The fourth-order valence-electron chi connectivity index (χ4n) is 2.85. The second-order valence-corrected chi connectivity index (χ2v) is 6.84. The number of hydrogen-bond donors (Lipinski definition) is 2. The fraction of sp³-hybridized carbons (Fsp3) is 0.389. The van der Waals surface area contributed by atoms with Crippen LogP contribution in [0.2, 0.25) is 0 Å². The smallest absolute Gasteiger partial charge is 0.251 e. The molecule has 0 aliphatic carbocycles. The lowest BCUT2D eigenvalue weighted by Gasteiger charge is -2.32. The Morgan fingerprint density at radius 1 is 1.37 bits per heavy atom. The predicted molar refractivity (Wildman–Crippen MR) is 99.0 cm³/mol. The Balaban J connectivity index is 1.72. The maximum atomic E-state index is 12.6. The molecule has 0 unspecified atom stereocenters. The topological polar surface area (TPSA) is 98.8 Å². The molecule has 9 heteroatoms. The van der Waals surface area contributed by atoms with Crippen molar-refractivity contribution in [1.82, 2.24) is 15.6 Å². The number of nitrogens with one attached hydrogen (secondary N) is 2. The van der Waals surface area contributed by atoms with Crippen molar-refractivity contribution in [2.75, 3.05) is 27.4 Å². The first-order chi connectivity index (χ1) is 13.1. The lowest BCUT2D eigenvalue weighted by atomic mass is 9.98. The highest BCUT2D eigenvalue weighted by atomic mass is 32.1. The van der Waals surface area contributed by atoms with Crippen molar-refractivity contribution < 1.29 is 23.8 Å². The van der Waals surface area contributed by atoms with E-state index in [1.54, 1.807) is 31.5 Å². The van der Waals surface area contributed by atoms with Gasteiger partial charge in [-0.25, -0.2) is 4.98 Å². The van der Waals surface area contributed by atoms with Crippen molar-refractivity contribution in [3.05, 3.63) is 40.3 Å². The number of rotatable bonds is 7. The monoisotopic (exact) mass is 391 g/mol. The van der Waals surface area contributed by atoms with Gasteiger partial charge in [0.25, 0.3) is 5.91 Å². The average molecular weight is 391 g/mol. The zero-order chi connectivity index (χ0) is 19.2. The Kier molecular flexibility index (Phi) is 6.25. The van der Waals surface area contributed by atoms with Gasteiger partial charge < -0.3 is 24.8 Å². The molecular formula is C18H21N3O5S. The molecule has 3 rings (SSSR count). The molecular weight excluding hydrogens is 370 g/mol. The van der Waals surface area contributed by atoms with Gasteiger partial charge in [-0.05, 0) is 17.7 Å². The Labute approximate surface area is 160 Å². The number of ether oxygens (including phenoxy) is 3. The first-order valence-electron chi connectivity index (χ1n) is 8.41. The molecule has 2 N–H and O–H groups in total. The Hall–Kier alpha value is -2.65. The van der Waals surface area contributed by atoms with E-state index < -0.39 is 12.1 Å². The molecule has 0 spiro atoms. The summed E-state index contributed by atoms with van der Waals surface area (Å²) in [5.41, 5.74) is 0.695. The van der Waals surface area contributed by atoms with E-state index in [0.29, 0.717) is 30.0 Å². The molecule has 0 bridgehead atoms. The largest absolute Gasteiger partial charge is 0.493 e. The number of thiazole rings is 1. The van der Waals surface area contributed by atoms with Gasteiger partial charge in [-0.1, -0.05) is 6.07 Å². The molecule has 2 amide bonds. The maximum Gasteiger partial charge on any atom is 0.251 e. The van der Waals surface area contributed by atoms with Crippen LogP contribution in [0, 0.1) is 0 Å². The van der Waals surface area contributed by atoms with E-state index in [4.69, 9.17) is 14.2 Å². The van der Waals surface area contributed by atoms with E-state index in [9.17, 15) is 9.59 Å². The Morgan fingerprint density at radius 2 is 2.19 bits per heavy atom. The van der Waals surface area contributed by atoms with Crippen molar-refractivity contribution in [2.45, 2.75) is 18.6 Å². The lowest BCUT2D eigenvalue weighted by Crippen LogP contribution is -2.52. The normalized spacial score (nSPS) is 19.3. The summed E-state index contributed by atoms with van der Waals surface area (Å²) in [7, 11) is 3.07.